The molecule has 3 N–H and O–H groups in total. The zero-order valence-electron chi connectivity index (χ0n) is 11.9. The van der Waals surface area contributed by atoms with Crippen molar-refractivity contribution in [2.24, 2.45) is 5.73 Å². The number of hydrogen-bond acceptors (Lipinski definition) is 3. The molecule has 0 bridgehead atoms. The standard InChI is InChI=1S/C15H24N2OS/c1-12-10-13(15(16)18)6-7-14(12)11-17-8-4-3-5-9-19-2/h6-7,10,17H,3-5,8-9,11H2,1-2H3,(H2,16,18). The molecule has 0 radical (unpaired) electrons. The number of amides is 1. The molecule has 4 heteroatoms. The van der Waals surface area contributed by atoms with Crippen molar-refractivity contribution in [2.75, 3.05) is 18.6 Å². The third-order valence-corrected chi connectivity index (χ3v) is 3.84. The highest BCUT2D eigenvalue weighted by Gasteiger charge is 2.03. The van der Waals surface area contributed by atoms with Crippen LogP contribution in [0.2, 0.25) is 0 Å². The van der Waals surface area contributed by atoms with Gasteiger partial charge in [-0.3, -0.25) is 4.79 Å². The van der Waals surface area contributed by atoms with Gasteiger partial charge in [0.2, 0.25) is 5.91 Å². The molecule has 0 aliphatic rings. The van der Waals surface area contributed by atoms with Gasteiger partial charge in [0.25, 0.3) is 0 Å². The summed E-state index contributed by atoms with van der Waals surface area (Å²) in [5, 5.41) is 3.45. The molecule has 0 atom stereocenters. The van der Waals surface area contributed by atoms with Gasteiger partial charge in [-0.1, -0.05) is 12.5 Å². The maximum Gasteiger partial charge on any atom is 0.248 e. The number of nitrogens with two attached hydrogens (primary N) is 1. The largest absolute Gasteiger partial charge is 0.366 e. The molecule has 0 saturated heterocycles. The molecule has 0 aliphatic carbocycles. The summed E-state index contributed by atoms with van der Waals surface area (Å²) >= 11 is 1.91. The number of unbranched alkanes of at least 4 members (excludes halogenated alkanes) is 2. The second-order valence-electron chi connectivity index (χ2n) is 4.74. The van der Waals surface area contributed by atoms with Crippen LogP contribution in [0.25, 0.3) is 0 Å². The van der Waals surface area contributed by atoms with Crippen LogP contribution in [0, 0.1) is 6.92 Å². The highest BCUT2D eigenvalue weighted by molar-refractivity contribution is 7.98. The summed E-state index contributed by atoms with van der Waals surface area (Å²) in [6.07, 6.45) is 5.96. The molecule has 1 aromatic rings. The van der Waals surface area contributed by atoms with Gasteiger partial charge in [-0.15, -0.1) is 0 Å². The summed E-state index contributed by atoms with van der Waals surface area (Å²) in [5.41, 5.74) is 8.19. The number of benzene rings is 1. The first-order valence-electron chi connectivity index (χ1n) is 6.74. The van der Waals surface area contributed by atoms with Gasteiger partial charge in [-0.05, 0) is 61.6 Å². The van der Waals surface area contributed by atoms with Crippen LogP contribution in [0.15, 0.2) is 18.2 Å². The van der Waals surface area contributed by atoms with Gasteiger partial charge in [0.05, 0.1) is 0 Å². The number of rotatable bonds is 9. The van der Waals surface area contributed by atoms with Crippen molar-refractivity contribution in [3.8, 4) is 0 Å². The average molecular weight is 280 g/mol. The quantitative estimate of drug-likeness (QED) is 0.684. The van der Waals surface area contributed by atoms with E-state index >= 15 is 0 Å². The van der Waals surface area contributed by atoms with Crippen molar-refractivity contribution in [3.05, 3.63) is 34.9 Å². The minimum Gasteiger partial charge on any atom is -0.366 e. The third kappa shape index (κ3) is 6.12. The lowest BCUT2D eigenvalue weighted by Crippen LogP contribution is -2.16. The van der Waals surface area contributed by atoms with E-state index in [1.54, 1.807) is 6.07 Å². The first kappa shape index (κ1) is 16.1. The molecule has 1 amide bonds. The molecule has 0 aliphatic heterocycles. The Hall–Kier alpha value is -1.00. The molecular formula is C15H24N2OS. The fourth-order valence-electron chi connectivity index (χ4n) is 1.94. The summed E-state index contributed by atoms with van der Waals surface area (Å²) in [6.45, 7) is 3.92. The van der Waals surface area contributed by atoms with Gasteiger partial charge in [0.15, 0.2) is 0 Å². The molecule has 19 heavy (non-hydrogen) atoms. The molecule has 1 rings (SSSR count). The fourth-order valence-corrected chi connectivity index (χ4v) is 2.44. The van der Waals surface area contributed by atoms with E-state index in [-0.39, 0.29) is 5.91 Å². The second kappa shape index (κ2) is 8.99. The van der Waals surface area contributed by atoms with E-state index in [9.17, 15) is 4.79 Å². The summed E-state index contributed by atoms with van der Waals surface area (Å²) in [5.74, 6) is 0.893. The van der Waals surface area contributed by atoms with E-state index < -0.39 is 0 Å². The SMILES string of the molecule is CSCCCCCNCc1ccc(C(N)=O)cc1C. The molecule has 0 aromatic heterocycles. The summed E-state index contributed by atoms with van der Waals surface area (Å²) < 4.78 is 0. The minimum absolute atomic E-state index is 0.364. The van der Waals surface area contributed by atoms with Crippen LogP contribution >= 0.6 is 11.8 Å². The Bertz CT molecular complexity index is 407. The maximum atomic E-state index is 11.1. The highest BCUT2D eigenvalue weighted by Crippen LogP contribution is 2.10. The molecule has 106 valence electrons. The Morgan fingerprint density at radius 1 is 1.32 bits per heavy atom. The Balaban J connectivity index is 2.28. The van der Waals surface area contributed by atoms with E-state index in [4.69, 9.17) is 5.73 Å². The number of nitrogens with one attached hydrogen (secondary N) is 1. The molecule has 3 nitrogen and oxygen atoms in total. The van der Waals surface area contributed by atoms with Crippen molar-refractivity contribution < 1.29 is 4.79 Å². The molecular weight excluding hydrogens is 256 g/mol. The molecule has 0 fully saturated rings. The smallest absolute Gasteiger partial charge is 0.248 e. The van der Waals surface area contributed by atoms with Crippen molar-refractivity contribution in [1.29, 1.82) is 0 Å². The predicted octanol–water partition coefficient (Wildman–Crippen LogP) is 2.72. The first-order valence-corrected chi connectivity index (χ1v) is 8.13. The van der Waals surface area contributed by atoms with Gasteiger partial charge in [-0.25, -0.2) is 0 Å². The van der Waals surface area contributed by atoms with Crippen LogP contribution in [-0.4, -0.2) is 24.5 Å². The molecule has 0 heterocycles. The summed E-state index contributed by atoms with van der Waals surface area (Å²) in [7, 11) is 0. The second-order valence-corrected chi connectivity index (χ2v) is 5.72. The van der Waals surface area contributed by atoms with Gasteiger partial charge in [0, 0.05) is 12.1 Å². The summed E-state index contributed by atoms with van der Waals surface area (Å²) in [6, 6.07) is 5.64. The lowest BCUT2D eigenvalue weighted by molar-refractivity contribution is 0.1000. The maximum absolute atomic E-state index is 11.1. The van der Waals surface area contributed by atoms with Crippen LogP contribution in [0.5, 0.6) is 0 Å². The van der Waals surface area contributed by atoms with E-state index in [0.29, 0.717) is 5.56 Å². The topological polar surface area (TPSA) is 55.1 Å². The first-order chi connectivity index (χ1) is 9.15. The number of hydrogen-bond donors (Lipinski definition) is 2. The Labute approximate surface area is 120 Å². The Morgan fingerprint density at radius 2 is 2.11 bits per heavy atom. The van der Waals surface area contributed by atoms with Crippen LogP contribution in [0.4, 0.5) is 0 Å². The number of carbonyl (C=O) groups excluding carboxylic acids is 1. The van der Waals surface area contributed by atoms with Crippen molar-refractivity contribution in [3.63, 3.8) is 0 Å². The van der Waals surface area contributed by atoms with Crippen LogP contribution in [-0.2, 0) is 6.54 Å². The number of aryl methyl sites for hydroxylation is 1. The highest BCUT2D eigenvalue weighted by atomic mass is 32.2. The van der Waals surface area contributed by atoms with Crippen molar-refractivity contribution >= 4 is 17.7 Å². The zero-order chi connectivity index (χ0) is 14.1. The number of carbonyl (C=O) groups is 1. The minimum atomic E-state index is -0.364. The molecule has 0 spiro atoms. The van der Waals surface area contributed by atoms with Crippen molar-refractivity contribution in [2.45, 2.75) is 32.7 Å². The van der Waals surface area contributed by atoms with Crippen LogP contribution in [0.1, 0.15) is 40.7 Å². The van der Waals surface area contributed by atoms with Crippen LogP contribution in [0.3, 0.4) is 0 Å². The lowest BCUT2D eigenvalue weighted by atomic mass is 10.0. The third-order valence-electron chi connectivity index (χ3n) is 3.14. The van der Waals surface area contributed by atoms with Gasteiger partial charge < -0.3 is 11.1 Å². The summed E-state index contributed by atoms with van der Waals surface area (Å²) in [4.78, 5) is 11.1. The normalized spacial score (nSPS) is 10.6. The van der Waals surface area contributed by atoms with Crippen LogP contribution < -0.4 is 11.1 Å². The van der Waals surface area contributed by atoms with Gasteiger partial charge in [-0.2, -0.15) is 11.8 Å². The Morgan fingerprint density at radius 3 is 2.74 bits per heavy atom. The van der Waals surface area contributed by atoms with Crippen molar-refractivity contribution in [1.82, 2.24) is 5.32 Å². The molecule has 1 aromatic carbocycles. The predicted molar refractivity (Wildman–Crippen MR) is 83.6 cm³/mol. The monoisotopic (exact) mass is 280 g/mol. The number of thioether (sulfide) groups is 1. The van der Waals surface area contributed by atoms with Gasteiger partial charge in [0.1, 0.15) is 0 Å². The molecule has 0 unspecified atom stereocenters. The number of primary amides is 1. The fraction of sp³-hybridized carbons (Fsp3) is 0.533. The van der Waals surface area contributed by atoms with Gasteiger partial charge >= 0.3 is 0 Å². The zero-order valence-corrected chi connectivity index (χ0v) is 12.7. The van der Waals surface area contributed by atoms with E-state index in [2.05, 4.69) is 11.6 Å². The lowest BCUT2D eigenvalue weighted by Gasteiger charge is -2.09. The molecule has 0 saturated carbocycles. The van der Waals surface area contributed by atoms with E-state index in [0.717, 1.165) is 18.7 Å². The average Bonchev–Trinajstić information content (AvgIpc) is 2.39. The van der Waals surface area contributed by atoms with E-state index in [1.165, 1.54) is 30.6 Å². The Kier molecular flexibility index (Phi) is 7.60. The van der Waals surface area contributed by atoms with E-state index in [1.807, 2.05) is 30.8 Å².